The van der Waals surface area contributed by atoms with Crippen molar-refractivity contribution in [3.63, 3.8) is 0 Å². The van der Waals surface area contributed by atoms with Crippen molar-refractivity contribution in [3.8, 4) is 0 Å². The van der Waals surface area contributed by atoms with Crippen molar-refractivity contribution in [2.45, 2.75) is 38.6 Å². The van der Waals surface area contributed by atoms with E-state index in [1.165, 1.54) is 11.1 Å². The van der Waals surface area contributed by atoms with E-state index in [0.29, 0.717) is 12.0 Å². The van der Waals surface area contributed by atoms with E-state index < -0.39 is 0 Å². The van der Waals surface area contributed by atoms with Crippen molar-refractivity contribution in [3.05, 3.63) is 35.4 Å². The summed E-state index contributed by atoms with van der Waals surface area (Å²) in [5, 5.41) is 0. The fourth-order valence-electron chi connectivity index (χ4n) is 1.71. The topological polar surface area (TPSA) is 26.0 Å². The molecule has 1 unspecified atom stereocenters. The maximum atomic E-state index is 6.08. The molecule has 1 nitrogen and oxygen atoms in total. The molecule has 0 aliphatic heterocycles. The lowest BCUT2D eigenvalue weighted by Gasteiger charge is -2.12. The standard InChI is InChI=1S/C14H23NS/c1-11(2)13-6-4-12(5-7-13)10-14(15)8-9-16-3/h4-7,11,14H,8-10,15H2,1-3H3. The van der Waals surface area contributed by atoms with Crippen molar-refractivity contribution >= 4 is 11.8 Å². The molecule has 0 bridgehead atoms. The molecule has 1 rings (SSSR count). The van der Waals surface area contributed by atoms with Gasteiger partial charge in [-0.25, -0.2) is 0 Å². The van der Waals surface area contributed by atoms with E-state index in [0.717, 1.165) is 18.6 Å². The first-order valence-corrected chi connectivity index (χ1v) is 7.36. The molecule has 2 N–H and O–H groups in total. The quantitative estimate of drug-likeness (QED) is 0.820. The van der Waals surface area contributed by atoms with Crippen LogP contribution in [0.4, 0.5) is 0 Å². The lowest BCUT2D eigenvalue weighted by atomic mass is 9.99. The first-order chi connectivity index (χ1) is 7.63. The molecule has 0 aliphatic rings. The van der Waals surface area contributed by atoms with E-state index in [4.69, 9.17) is 5.73 Å². The Morgan fingerprint density at radius 1 is 1.19 bits per heavy atom. The highest BCUT2D eigenvalue weighted by Gasteiger charge is 2.04. The van der Waals surface area contributed by atoms with Crippen LogP contribution in [0.1, 0.15) is 37.3 Å². The fraction of sp³-hybridized carbons (Fsp3) is 0.571. The minimum absolute atomic E-state index is 0.303. The molecule has 0 spiro atoms. The Hall–Kier alpha value is -0.470. The second-order valence-corrected chi connectivity index (χ2v) is 5.63. The van der Waals surface area contributed by atoms with E-state index in [9.17, 15) is 0 Å². The van der Waals surface area contributed by atoms with Crippen molar-refractivity contribution in [1.82, 2.24) is 0 Å². The average molecular weight is 237 g/mol. The minimum Gasteiger partial charge on any atom is -0.327 e. The van der Waals surface area contributed by atoms with Crippen molar-refractivity contribution < 1.29 is 0 Å². The largest absolute Gasteiger partial charge is 0.327 e. The third-order valence-electron chi connectivity index (χ3n) is 2.84. The zero-order valence-electron chi connectivity index (χ0n) is 10.6. The van der Waals surface area contributed by atoms with Crippen LogP contribution in [-0.2, 0) is 6.42 Å². The molecule has 16 heavy (non-hydrogen) atoms. The second-order valence-electron chi connectivity index (χ2n) is 4.64. The Balaban J connectivity index is 2.48. The highest BCUT2D eigenvalue weighted by atomic mass is 32.2. The van der Waals surface area contributed by atoms with Crippen molar-refractivity contribution in [2.24, 2.45) is 5.73 Å². The number of hydrogen-bond donors (Lipinski definition) is 1. The molecule has 0 heterocycles. The summed E-state index contributed by atoms with van der Waals surface area (Å²) in [5.41, 5.74) is 8.84. The van der Waals surface area contributed by atoms with Gasteiger partial charge in [-0.05, 0) is 41.9 Å². The van der Waals surface area contributed by atoms with E-state index in [1.54, 1.807) is 0 Å². The summed E-state index contributed by atoms with van der Waals surface area (Å²) < 4.78 is 0. The van der Waals surface area contributed by atoms with E-state index in [1.807, 2.05) is 11.8 Å². The summed E-state index contributed by atoms with van der Waals surface area (Å²) in [6.45, 7) is 4.44. The molecule has 0 saturated heterocycles. The van der Waals surface area contributed by atoms with E-state index >= 15 is 0 Å². The number of hydrogen-bond acceptors (Lipinski definition) is 2. The summed E-state index contributed by atoms with van der Waals surface area (Å²) in [5.74, 6) is 1.77. The molecule has 0 amide bonds. The zero-order chi connectivity index (χ0) is 12.0. The van der Waals surface area contributed by atoms with Gasteiger partial charge in [0.05, 0.1) is 0 Å². The monoisotopic (exact) mass is 237 g/mol. The van der Waals surface area contributed by atoms with Crippen LogP contribution in [0.5, 0.6) is 0 Å². The number of nitrogens with two attached hydrogens (primary N) is 1. The summed E-state index contributed by atoms with van der Waals surface area (Å²) in [6, 6.07) is 9.18. The molecule has 0 aromatic heterocycles. The van der Waals surface area contributed by atoms with Crippen LogP contribution in [0.2, 0.25) is 0 Å². The first-order valence-electron chi connectivity index (χ1n) is 5.97. The predicted octanol–water partition coefficient (Wildman–Crippen LogP) is 3.43. The van der Waals surface area contributed by atoms with Crippen LogP contribution in [0.3, 0.4) is 0 Å². The Labute approximate surface area is 104 Å². The lowest BCUT2D eigenvalue weighted by Crippen LogP contribution is -2.23. The molecule has 1 atom stereocenters. The smallest absolute Gasteiger partial charge is 0.00871 e. The van der Waals surface area contributed by atoms with Gasteiger partial charge in [0, 0.05) is 6.04 Å². The molecule has 1 aromatic rings. The molecule has 1 aromatic carbocycles. The molecule has 0 radical (unpaired) electrons. The van der Waals surface area contributed by atoms with Gasteiger partial charge in [-0.1, -0.05) is 38.1 Å². The predicted molar refractivity (Wildman–Crippen MR) is 75.2 cm³/mol. The molecule has 2 heteroatoms. The normalized spacial score (nSPS) is 13.1. The van der Waals surface area contributed by atoms with Crippen LogP contribution in [0.25, 0.3) is 0 Å². The number of thioether (sulfide) groups is 1. The highest BCUT2D eigenvalue weighted by Crippen LogP contribution is 2.15. The van der Waals surface area contributed by atoms with Gasteiger partial charge in [-0.3, -0.25) is 0 Å². The number of benzene rings is 1. The van der Waals surface area contributed by atoms with Crippen molar-refractivity contribution in [2.75, 3.05) is 12.0 Å². The van der Waals surface area contributed by atoms with Gasteiger partial charge in [-0.2, -0.15) is 11.8 Å². The molecular weight excluding hydrogens is 214 g/mol. The summed E-state index contributed by atoms with van der Waals surface area (Å²) in [6.07, 6.45) is 4.23. The molecular formula is C14H23NS. The third-order valence-corrected chi connectivity index (χ3v) is 3.48. The van der Waals surface area contributed by atoms with E-state index in [-0.39, 0.29) is 0 Å². The highest BCUT2D eigenvalue weighted by molar-refractivity contribution is 7.98. The minimum atomic E-state index is 0.303. The van der Waals surface area contributed by atoms with Gasteiger partial charge in [0.25, 0.3) is 0 Å². The zero-order valence-corrected chi connectivity index (χ0v) is 11.4. The van der Waals surface area contributed by atoms with Crippen molar-refractivity contribution in [1.29, 1.82) is 0 Å². The molecule has 0 saturated carbocycles. The van der Waals surface area contributed by atoms with Gasteiger partial charge >= 0.3 is 0 Å². The van der Waals surface area contributed by atoms with Gasteiger partial charge in [0.15, 0.2) is 0 Å². The van der Waals surface area contributed by atoms with Gasteiger partial charge in [0.2, 0.25) is 0 Å². The summed E-state index contributed by atoms with van der Waals surface area (Å²) >= 11 is 1.87. The SMILES string of the molecule is CSCCC(N)Cc1ccc(C(C)C)cc1. The Morgan fingerprint density at radius 2 is 1.81 bits per heavy atom. The maximum Gasteiger partial charge on any atom is 0.00871 e. The van der Waals surface area contributed by atoms with Crippen LogP contribution < -0.4 is 5.73 Å². The average Bonchev–Trinajstić information content (AvgIpc) is 2.27. The molecule has 90 valence electrons. The number of rotatable bonds is 6. The maximum absolute atomic E-state index is 6.08. The fourth-order valence-corrected chi connectivity index (χ4v) is 2.25. The third kappa shape index (κ3) is 4.58. The first kappa shape index (κ1) is 13.6. The van der Waals surface area contributed by atoms with Crippen LogP contribution in [0.15, 0.2) is 24.3 Å². The second kappa shape index (κ2) is 6.97. The lowest BCUT2D eigenvalue weighted by molar-refractivity contribution is 0.651. The van der Waals surface area contributed by atoms with Crippen LogP contribution in [-0.4, -0.2) is 18.1 Å². The Morgan fingerprint density at radius 3 is 2.31 bits per heavy atom. The van der Waals surface area contributed by atoms with Gasteiger partial charge < -0.3 is 5.73 Å². The van der Waals surface area contributed by atoms with Crippen LogP contribution in [0, 0.1) is 0 Å². The van der Waals surface area contributed by atoms with Gasteiger partial charge in [0.1, 0.15) is 0 Å². The Kier molecular flexibility index (Phi) is 5.93. The molecule has 0 fully saturated rings. The summed E-state index contributed by atoms with van der Waals surface area (Å²) in [4.78, 5) is 0. The summed E-state index contributed by atoms with van der Waals surface area (Å²) in [7, 11) is 0. The van der Waals surface area contributed by atoms with Crippen LogP contribution >= 0.6 is 11.8 Å². The molecule has 0 aliphatic carbocycles. The Bertz CT molecular complexity index is 292. The van der Waals surface area contributed by atoms with E-state index in [2.05, 4.69) is 44.4 Å². The van der Waals surface area contributed by atoms with Gasteiger partial charge in [-0.15, -0.1) is 0 Å².